The number of nitrogens with zero attached hydrogens (tertiary/aromatic N) is 4. The van der Waals surface area contributed by atoms with E-state index >= 15 is 0 Å². The maximum atomic E-state index is 13.2. The van der Waals surface area contributed by atoms with E-state index in [0.717, 1.165) is 21.3 Å². The third kappa shape index (κ3) is 2.86. The number of carbonyl (C=O) groups is 2. The van der Waals surface area contributed by atoms with Gasteiger partial charge in [0.05, 0.1) is 5.52 Å². The Morgan fingerprint density at radius 1 is 1.11 bits per heavy atom. The summed E-state index contributed by atoms with van der Waals surface area (Å²) in [6, 6.07) is 9.38. The molecule has 3 amide bonds. The summed E-state index contributed by atoms with van der Waals surface area (Å²) < 4.78 is 0. The first-order valence-corrected chi connectivity index (χ1v) is 10.1. The van der Waals surface area contributed by atoms with Crippen molar-refractivity contribution in [1.82, 2.24) is 14.9 Å². The molecule has 3 heterocycles. The van der Waals surface area contributed by atoms with Gasteiger partial charge >= 0.3 is 6.03 Å². The van der Waals surface area contributed by atoms with E-state index in [1.165, 1.54) is 16.2 Å². The topological polar surface area (TPSA) is 66.4 Å². The van der Waals surface area contributed by atoms with Crippen LogP contribution in [0.2, 0.25) is 0 Å². The van der Waals surface area contributed by atoms with Gasteiger partial charge in [-0.15, -0.1) is 11.3 Å². The van der Waals surface area contributed by atoms with Crippen molar-refractivity contribution in [2.24, 2.45) is 0 Å². The Morgan fingerprint density at radius 3 is 2.57 bits per heavy atom. The fraction of sp³-hybridized carbons (Fsp3) is 0.333. The molecule has 6 nitrogen and oxygen atoms in total. The molecule has 1 aliphatic rings. The van der Waals surface area contributed by atoms with Crippen molar-refractivity contribution in [3.8, 4) is 0 Å². The van der Waals surface area contributed by atoms with Crippen LogP contribution >= 0.6 is 11.3 Å². The van der Waals surface area contributed by atoms with Gasteiger partial charge in [-0.2, -0.15) is 0 Å². The molecule has 3 aromatic rings. The van der Waals surface area contributed by atoms with Gasteiger partial charge in [0.25, 0.3) is 5.91 Å². The van der Waals surface area contributed by atoms with Crippen LogP contribution in [0.4, 0.5) is 9.93 Å². The number of para-hydroxylation sites is 1. The Labute approximate surface area is 167 Å². The van der Waals surface area contributed by atoms with Crippen LogP contribution in [0.15, 0.2) is 42.7 Å². The molecule has 0 bridgehead atoms. The number of hydrogen-bond donors (Lipinski definition) is 0. The number of anilines is 1. The normalized spacial score (nSPS) is 16.6. The lowest BCUT2D eigenvalue weighted by Crippen LogP contribution is -2.43. The standard InChI is InChI=1S/C21H22N4O2S/c1-13(2)17-11-23-19(28-17)25-18(26)21(3,4)24(20(25)27)12-14-9-10-22-16-8-6-5-7-15(14)16/h5-11,13H,12H2,1-4H3. The molecule has 7 heteroatoms. The number of fused-ring (bicyclic) bond motifs is 1. The molecule has 0 saturated carbocycles. The molecule has 0 spiro atoms. The van der Waals surface area contributed by atoms with Gasteiger partial charge < -0.3 is 4.90 Å². The predicted octanol–water partition coefficient (Wildman–Crippen LogP) is 4.56. The highest BCUT2D eigenvalue weighted by molar-refractivity contribution is 7.16. The summed E-state index contributed by atoms with van der Waals surface area (Å²) in [5.41, 5.74) is 0.878. The average molecular weight is 395 g/mol. The Hall–Kier alpha value is -2.80. The largest absolute Gasteiger partial charge is 0.334 e. The number of rotatable bonds is 4. The van der Waals surface area contributed by atoms with Crippen molar-refractivity contribution < 1.29 is 9.59 Å². The summed E-state index contributed by atoms with van der Waals surface area (Å²) in [7, 11) is 0. The van der Waals surface area contributed by atoms with Crippen LogP contribution in [-0.4, -0.2) is 32.3 Å². The molecular weight excluding hydrogens is 372 g/mol. The van der Waals surface area contributed by atoms with Crippen molar-refractivity contribution in [2.75, 3.05) is 4.90 Å². The Morgan fingerprint density at radius 2 is 1.86 bits per heavy atom. The van der Waals surface area contributed by atoms with Crippen molar-refractivity contribution in [3.63, 3.8) is 0 Å². The van der Waals surface area contributed by atoms with Gasteiger partial charge in [-0.1, -0.05) is 32.0 Å². The van der Waals surface area contributed by atoms with Crippen molar-refractivity contribution >= 4 is 39.3 Å². The highest BCUT2D eigenvalue weighted by atomic mass is 32.1. The molecule has 144 valence electrons. The molecule has 2 aromatic heterocycles. The fourth-order valence-electron chi connectivity index (χ4n) is 3.38. The second kappa shape index (κ2) is 6.67. The zero-order valence-electron chi connectivity index (χ0n) is 16.3. The number of imide groups is 1. The van der Waals surface area contributed by atoms with Crippen LogP contribution in [0.25, 0.3) is 10.9 Å². The van der Waals surface area contributed by atoms with E-state index in [4.69, 9.17) is 0 Å². The quantitative estimate of drug-likeness (QED) is 0.608. The van der Waals surface area contributed by atoms with Crippen LogP contribution < -0.4 is 4.90 Å². The smallest absolute Gasteiger partial charge is 0.305 e. The maximum absolute atomic E-state index is 13.2. The lowest BCUT2D eigenvalue weighted by atomic mass is 10.0. The number of hydrogen-bond acceptors (Lipinski definition) is 5. The molecule has 1 aliphatic heterocycles. The zero-order valence-corrected chi connectivity index (χ0v) is 17.2. The van der Waals surface area contributed by atoms with Gasteiger partial charge in [0.1, 0.15) is 5.54 Å². The van der Waals surface area contributed by atoms with Gasteiger partial charge in [0.2, 0.25) is 5.13 Å². The second-order valence-corrected chi connectivity index (χ2v) is 8.80. The zero-order chi connectivity index (χ0) is 20.1. The highest BCUT2D eigenvalue weighted by Crippen LogP contribution is 2.37. The Balaban J connectivity index is 1.71. The minimum Gasteiger partial charge on any atom is -0.305 e. The van der Waals surface area contributed by atoms with Gasteiger partial charge in [-0.25, -0.2) is 14.7 Å². The molecule has 0 aliphatic carbocycles. The molecule has 28 heavy (non-hydrogen) atoms. The number of benzene rings is 1. The van der Waals surface area contributed by atoms with E-state index in [2.05, 4.69) is 23.8 Å². The first kappa shape index (κ1) is 18.6. The summed E-state index contributed by atoms with van der Waals surface area (Å²) in [6.45, 7) is 8.03. The predicted molar refractivity (Wildman–Crippen MR) is 110 cm³/mol. The summed E-state index contributed by atoms with van der Waals surface area (Å²) in [5.74, 6) is 0.0480. The molecular formula is C21H22N4O2S. The Kier molecular flexibility index (Phi) is 4.42. The SMILES string of the molecule is CC(C)c1cnc(N2C(=O)N(Cc3ccnc4ccccc34)C(C)(C)C2=O)s1. The Bertz CT molecular complexity index is 1070. The number of carbonyl (C=O) groups excluding carboxylic acids is 2. The highest BCUT2D eigenvalue weighted by Gasteiger charge is 2.52. The van der Waals surface area contributed by atoms with E-state index in [9.17, 15) is 9.59 Å². The van der Waals surface area contributed by atoms with Gasteiger partial charge in [0, 0.05) is 29.2 Å². The monoisotopic (exact) mass is 394 g/mol. The number of thiazole rings is 1. The number of aromatic nitrogens is 2. The first-order chi connectivity index (χ1) is 13.3. The summed E-state index contributed by atoms with van der Waals surface area (Å²) >= 11 is 1.39. The minimum atomic E-state index is -0.953. The van der Waals surface area contributed by atoms with E-state index in [0.29, 0.717) is 17.6 Å². The van der Waals surface area contributed by atoms with E-state index in [1.54, 1.807) is 31.1 Å². The van der Waals surface area contributed by atoms with Crippen molar-refractivity contribution in [1.29, 1.82) is 0 Å². The van der Waals surface area contributed by atoms with Gasteiger partial charge in [0.15, 0.2) is 0 Å². The van der Waals surface area contributed by atoms with E-state index in [-0.39, 0.29) is 11.9 Å². The maximum Gasteiger partial charge on any atom is 0.334 e. The van der Waals surface area contributed by atoms with Crippen LogP contribution in [0.3, 0.4) is 0 Å². The third-order valence-corrected chi connectivity index (χ3v) is 6.45. The molecule has 1 fully saturated rings. The summed E-state index contributed by atoms with van der Waals surface area (Å²) in [4.78, 5) is 38.9. The molecule has 0 unspecified atom stereocenters. The molecule has 0 N–H and O–H groups in total. The number of amides is 3. The lowest BCUT2D eigenvalue weighted by Gasteiger charge is -2.28. The van der Waals surface area contributed by atoms with Crippen molar-refractivity contribution in [2.45, 2.75) is 45.7 Å². The molecule has 4 rings (SSSR count). The second-order valence-electron chi connectivity index (χ2n) is 7.76. The number of pyridine rings is 1. The first-order valence-electron chi connectivity index (χ1n) is 9.25. The molecule has 1 saturated heterocycles. The van der Waals surface area contributed by atoms with Crippen LogP contribution in [0.1, 0.15) is 44.1 Å². The number of urea groups is 1. The van der Waals surface area contributed by atoms with Crippen LogP contribution in [-0.2, 0) is 11.3 Å². The average Bonchev–Trinajstić information content (AvgIpc) is 3.21. The molecule has 1 aromatic carbocycles. The van der Waals surface area contributed by atoms with Gasteiger partial charge in [-0.3, -0.25) is 9.78 Å². The van der Waals surface area contributed by atoms with Crippen LogP contribution in [0.5, 0.6) is 0 Å². The third-order valence-electron chi connectivity index (χ3n) is 5.16. The van der Waals surface area contributed by atoms with Gasteiger partial charge in [-0.05, 0) is 37.5 Å². The summed E-state index contributed by atoms with van der Waals surface area (Å²) in [5, 5.41) is 1.42. The van der Waals surface area contributed by atoms with Crippen LogP contribution in [0, 0.1) is 0 Å². The molecule has 0 radical (unpaired) electrons. The fourth-order valence-corrected chi connectivity index (χ4v) is 4.29. The lowest BCUT2D eigenvalue weighted by molar-refractivity contribution is -0.123. The molecule has 0 atom stereocenters. The summed E-state index contributed by atoms with van der Waals surface area (Å²) in [6.07, 6.45) is 3.48. The minimum absolute atomic E-state index is 0.250. The van der Waals surface area contributed by atoms with E-state index in [1.807, 2.05) is 30.3 Å². The van der Waals surface area contributed by atoms with E-state index < -0.39 is 5.54 Å². The van der Waals surface area contributed by atoms with Crippen molar-refractivity contribution in [3.05, 3.63) is 53.2 Å².